The Morgan fingerprint density at radius 2 is 2.23 bits per heavy atom. The van der Waals surface area contributed by atoms with E-state index in [0.29, 0.717) is 0 Å². The van der Waals surface area contributed by atoms with Crippen LogP contribution in [0.15, 0.2) is 35.0 Å². The summed E-state index contributed by atoms with van der Waals surface area (Å²) in [6.07, 6.45) is 8.68. The number of thioether (sulfide) groups is 1. The Labute approximate surface area is 188 Å². The number of aliphatic imine (C=N–C) groups is 1. The van der Waals surface area contributed by atoms with E-state index in [9.17, 15) is 4.79 Å². The molecule has 8 nitrogen and oxygen atoms in total. The van der Waals surface area contributed by atoms with Gasteiger partial charge in [-0.1, -0.05) is 31.3 Å². The van der Waals surface area contributed by atoms with Crippen LogP contribution in [0.4, 0.5) is 0 Å². The summed E-state index contributed by atoms with van der Waals surface area (Å²) in [5.74, 6) is -0.303. The average Bonchev–Trinajstić information content (AvgIpc) is 3.41. The van der Waals surface area contributed by atoms with Gasteiger partial charge in [-0.25, -0.2) is 0 Å². The van der Waals surface area contributed by atoms with Crippen LogP contribution >= 0.6 is 11.8 Å². The van der Waals surface area contributed by atoms with E-state index in [-0.39, 0.29) is 12.1 Å². The molecule has 4 N–H and O–H groups in total. The molecule has 168 valence electrons. The molecule has 0 aromatic carbocycles. The van der Waals surface area contributed by atoms with Crippen molar-refractivity contribution in [2.45, 2.75) is 38.7 Å². The number of hydrogen-bond donors (Lipinski definition) is 3. The van der Waals surface area contributed by atoms with Gasteiger partial charge in [-0.15, -0.1) is 0 Å². The van der Waals surface area contributed by atoms with Gasteiger partial charge >= 0.3 is 0 Å². The molecule has 1 fully saturated rings. The van der Waals surface area contributed by atoms with Crippen LogP contribution in [0.1, 0.15) is 37.6 Å². The minimum atomic E-state index is -0.503. The Kier molecular flexibility index (Phi) is 8.11. The molecule has 3 unspecified atom stereocenters. The Balaban J connectivity index is 1.85. The van der Waals surface area contributed by atoms with Gasteiger partial charge in [0.05, 0.1) is 30.1 Å². The molecule has 31 heavy (non-hydrogen) atoms. The van der Waals surface area contributed by atoms with Gasteiger partial charge in [0.15, 0.2) is 5.37 Å². The second kappa shape index (κ2) is 10.8. The highest BCUT2D eigenvalue weighted by Gasteiger charge is 2.28. The third kappa shape index (κ3) is 5.66. The fourth-order valence-electron chi connectivity index (χ4n) is 3.73. The average molecular weight is 445 g/mol. The summed E-state index contributed by atoms with van der Waals surface area (Å²) < 4.78 is 5.47. The predicted molar refractivity (Wildman–Crippen MR) is 128 cm³/mol. The van der Waals surface area contributed by atoms with Crippen molar-refractivity contribution < 1.29 is 9.53 Å². The lowest BCUT2D eigenvalue weighted by atomic mass is 9.96. The summed E-state index contributed by atoms with van der Waals surface area (Å²) in [7, 11) is 0. The Hall–Kier alpha value is -2.36. The number of rotatable bonds is 9. The lowest BCUT2D eigenvalue weighted by Crippen LogP contribution is -2.41. The van der Waals surface area contributed by atoms with Crippen molar-refractivity contribution in [3.8, 4) is 0 Å². The largest absolute Gasteiger partial charge is 0.379 e. The number of nitrogens with one attached hydrogen (secondary N) is 2. The van der Waals surface area contributed by atoms with E-state index in [1.807, 2.05) is 31.3 Å². The number of nitrogens with zero attached hydrogens (tertiary/aromatic N) is 3. The van der Waals surface area contributed by atoms with Gasteiger partial charge in [-0.3, -0.25) is 20.1 Å². The summed E-state index contributed by atoms with van der Waals surface area (Å²) >= 11 is 1.38. The molecule has 0 spiro atoms. The molecule has 2 aliphatic heterocycles. The smallest absolute Gasteiger partial charge is 0.252 e. The molecule has 0 aliphatic carbocycles. The summed E-state index contributed by atoms with van der Waals surface area (Å²) in [5, 5.41) is 4.69. The molecule has 2 aliphatic rings. The lowest BCUT2D eigenvalue weighted by Gasteiger charge is -2.30. The fourth-order valence-corrected chi connectivity index (χ4v) is 4.62. The van der Waals surface area contributed by atoms with Crippen LogP contribution in [-0.4, -0.2) is 64.4 Å². The van der Waals surface area contributed by atoms with Crippen LogP contribution in [0.5, 0.6) is 0 Å². The number of hydrazone groups is 1. The van der Waals surface area contributed by atoms with E-state index in [1.165, 1.54) is 11.8 Å². The van der Waals surface area contributed by atoms with E-state index in [0.717, 1.165) is 60.3 Å². The van der Waals surface area contributed by atoms with Crippen LogP contribution < -0.4 is 11.2 Å². The molecule has 1 aromatic rings. The van der Waals surface area contributed by atoms with Gasteiger partial charge in [-0.05, 0) is 38.0 Å². The second-order valence-corrected chi connectivity index (χ2v) is 8.80. The molecular weight excluding hydrogens is 412 g/mol. The first-order chi connectivity index (χ1) is 14.9. The molecule has 3 rings (SSSR count). The van der Waals surface area contributed by atoms with Crippen LogP contribution in [0, 0.1) is 5.92 Å². The van der Waals surface area contributed by atoms with Crippen LogP contribution in [0.3, 0.4) is 0 Å². The van der Waals surface area contributed by atoms with Crippen LogP contribution in [0.25, 0.3) is 6.08 Å². The first kappa shape index (κ1) is 23.3. The molecule has 1 saturated heterocycles. The summed E-state index contributed by atoms with van der Waals surface area (Å²) in [6, 6.07) is 0. The SMILES string of the molecule is C=Cc1[nH]cc(C(/C=C\C)=N/C(C)N2CCOCC2)c1CC(C)C1=NNC(C(N)=O)S1. The van der Waals surface area contributed by atoms with Crippen molar-refractivity contribution in [3.05, 3.63) is 41.7 Å². The maximum absolute atomic E-state index is 11.4. The van der Waals surface area contributed by atoms with Gasteiger partial charge in [0, 0.05) is 36.5 Å². The number of primary amides is 1. The normalized spacial score (nSPS) is 22.2. The summed E-state index contributed by atoms with van der Waals surface area (Å²) in [6.45, 7) is 13.4. The van der Waals surface area contributed by atoms with Crippen LogP contribution in [-0.2, 0) is 16.0 Å². The standard InChI is InChI=1S/C22H32N6O2S/c1-5-7-19(25-15(4)28-8-10-30-11-9-28)17-13-24-18(6-2)16(17)12-14(3)21-26-27-22(31-21)20(23)29/h5-7,13-15,22,24,27H,2,8-12H2,1,3-4H3,(H2,23,29)/b7-5-,25-19+. The number of hydrogen-bond acceptors (Lipinski definition) is 7. The second-order valence-electron chi connectivity index (χ2n) is 7.68. The highest BCUT2D eigenvalue weighted by molar-refractivity contribution is 8.15. The number of ether oxygens (including phenoxy) is 1. The van der Waals surface area contributed by atoms with Gasteiger partial charge in [0.25, 0.3) is 5.91 Å². The monoisotopic (exact) mass is 444 g/mol. The Bertz CT molecular complexity index is 885. The maximum atomic E-state index is 11.4. The van der Waals surface area contributed by atoms with E-state index in [2.05, 4.69) is 40.8 Å². The zero-order valence-electron chi connectivity index (χ0n) is 18.4. The number of H-pyrrole nitrogens is 1. The molecular formula is C22H32N6O2S. The zero-order valence-corrected chi connectivity index (χ0v) is 19.2. The molecule has 0 bridgehead atoms. The van der Waals surface area contributed by atoms with Gasteiger partial charge < -0.3 is 15.5 Å². The molecule has 1 amide bonds. The van der Waals surface area contributed by atoms with Gasteiger partial charge in [0.1, 0.15) is 0 Å². The van der Waals surface area contributed by atoms with Gasteiger partial charge in [0.2, 0.25) is 0 Å². The number of aromatic nitrogens is 1. The van der Waals surface area contributed by atoms with Gasteiger partial charge in [-0.2, -0.15) is 5.10 Å². The van der Waals surface area contributed by atoms with E-state index < -0.39 is 11.3 Å². The predicted octanol–water partition coefficient (Wildman–Crippen LogP) is 2.34. The number of carbonyl (C=O) groups is 1. The van der Waals surface area contributed by atoms with Crippen molar-refractivity contribution in [3.63, 3.8) is 0 Å². The number of aromatic amines is 1. The summed E-state index contributed by atoms with van der Waals surface area (Å²) in [4.78, 5) is 22.2. The first-order valence-electron chi connectivity index (χ1n) is 10.6. The lowest BCUT2D eigenvalue weighted by molar-refractivity contribution is -0.117. The molecule has 0 saturated carbocycles. The van der Waals surface area contributed by atoms with Crippen LogP contribution in [0.2, 0.25) is 0 Å². The highest BCUT2D eigenvalue weighted by Crippen LogP contribution is 2.28. The van der Waals surface area contributed by atoms with Crippen molar-refractivity contribution in [2.75, 3.05) is 26.3 Å². The van der Waals surface area contributed by atoms with Crippen molar-refractivity contribution in [1.29, 1.82) is 0 Å². The molecule has 9 heteroatoms. The molecule has 3 atom stereocenters. The highest BCUT2D eigenvalue weighted by atomic mass is 32.2. The van der Waals surface area contributed by atoms with E-state index >= 15 is 0 Å². The number of amides is 1. The van der Waals surface area contributed by atoms with Crippen molar-refractivity contribution in [1.82, 2.24) is 15.3 Å². The summed E-state index contributed by atoms with van der Waals surface area (Å²) in [5.41, 5.74) is 12.3. The quantitative estimate of drug-likeness (QED) is 0.507. The molecule has 1 aromatic heterocycles. The van der Waals surface area contributed by atoms with E-state index in [1.54, 1.807) is 0 Å². The minimum Gasteiger partial charge on any atom is -0.379 e. The zero-order chi connectivity index (χ0) is 22.4. The molecule has 3 heterocycles. The van der Waals surface area contributed by atoms with Crippen molar-refractivity contribution in [2.24, 2.45) is 21.7 Å². The maximum Gasteiger partial charge on any atom is 0.252 e. The number of allylic oxidation sites excluding steroid dienone is 2. The number of carbonyl (C=O) groups excluding carboxylic acids is 1. The minimum absolute atomic E-state index is 0.0535. The molecule has 0 radical (unpaired) electrons. The fraction of sp³-hybridized carbons (Fsp3) is 0.500. The van der Waals surface area contributed by atoms with Crippen molar-refractivity contribution >= 4 is 34.5 Å². The Morgan fingerprint density at radius 1 is 1.48 bits per heavy atom. The number of morpholine rings is 1. The third-order valence-corrected chi connectivity index (χ3v) is 6.76. The Morgan fingerprint density at radius 3 is 2.84 bits per heavy atom. The first-order valence-corrected chi connectivity index (χ1v) is 11.5. The third-order valence-electron chi connectivity index (χ3n) is 5.45. The van der Waals surface area contributed by atoms with E-state index in [4.69, 9.17) is 15.5 Å². The topological polar surface area (TPSA) is 108 Å². The number of nitrogens with two attached hydrogens (primary N) is 1.